The van der Waals surface area contributed by atoms with Crippen molar-refractivity contribution in [2.75, 3.05) is 7.11 Å². The van der Waals surface area contributed by atoms with E-state index in [9.17, 15) is 9.59 Å². The Bertz CT molecular complexity index is 683. The van der Waals surface area contributed by atoms with Gasteiger partial charge in [0.2, 0.25) is 0 Å². The van der Waals surface area contributed by atoms with Crippen LogP contribution in [0.1, 0.15) is 30.8 Å². The van der Waals surface area contributed by atoms with Gasteiger partial charge >= 0.3 is 0 Å². The maximum atomic E-state index is 12.4. The highest BCUT2D eigenvalue weighted by Crippen LogP contribution is 2.23. The molecule has 0 aliphatic rings. The molecule has 1 N–H and O–H groups in total. The second-order valence-electron chi connectivity index (χ2n) is 5.58. The summed E-state index contributed by atoms with van der Waals surface area (Å²) in [5.41, 5.74) is 0.900. The topological polar surface area (TPSA) is 68.3 Å². The van der Waals surface area contributed by atoms with Crippen molar-refractivity contribution in [1.82, 2.24) is 10.3 Å². The van der Waals surface area contributed by atoms with Crippen LogP contribution in [0.4, 0.5) is 0 Å². The van der Waals surface area contributed by atoms with Gasteiger partial charge in [0.15, 0.2) is 11.4 Å². The van der Waals surface area contributed by atoms with Gasteiger partial charge < -0.3 is 14.8 Å². The van der Waals surface area contributed by atoms with Crippen LogP contribution in [0.5, 0.6) is 5.75 Å². The number of benzene rings is 1. The number of aldehydes is 1. The van der Waals surface area contributed by atoms with Crippen LogP contribution < -0.4 is 10.1 Å². The molecule has 1 amide bonds. The van der Waals surface area contributed by atoms with Crippen molar-refractivity contribution in [3.05, 3.63) is 36.0 Å². The number of hydrogen-bond acceptors (Lipinski definition) is 4. The number of carbonyl (C=O) groups excluding carboxylic acids is 2. The number of aromatic nitrogens is 1. The first-order chi connectivity index (χ1) is 10.5. The summed E-state index contributed by atoms with van der Waals surface area (Å²) >= 11 is 0. The highest BCUT2D eigenvalue weighted by Gasteiger charge is 2.19. The SMILES string of the molecule is COc1cc2ccccc2nc1C(=O)N[C@H](C=O)CC(C)C. The molecule has 0 unspecified atom stereocenters. The third kappa shape index (κ3) is 3.61. The number of carbonyl (C=O) groups is 2. The molecular formula is C17H20N2O3. The Balaban J connectivity index is 2.31. The highest BCUT2D eigenvalue weighted by molar-refractivity contribution is 5.99. The molecule has 0 saturated carbocycles. The first-order valence-corrected chi connectivity index (χ1v) is 7.25. The summed E-state index contributed by atoms with van der Waals surface area (Å²) in [5.74, 6) is 0.299. The molecule has 1 aromatic carbocycles. The summed E-state index contributed by atoms with van der Waals surface area (Å²) < 4.78 is 5.26. The minimum atomic E-state index is -0.523. The molecule has 116 valence electrons. The van der Waals surface area contributed by atoms with Gasteiger partial charge in [-0.2, -0.15) is 0 Å². The monoisotopic (exact) mass is 300 g/mol. The molecule has 5 heteroatoms. The fraction of sp³-hybridized carbons (Fsp3) is 0.353. The minimum absolute atomic E-state index is 0.191. The molecule has 0 fully saturated rings. The van der Waals surface area contributed by atoms with Crippen molar-refractivity contribution < 1.29 is 14.3 Å². The molecule has 1 atom stereocenters. The quantitative estimate of drug-likeness (QED) is 0.833. The number of rotatable bonds is 6. The summed E-state index contributed by atoms with van der Waals surface area (Å²) in [7, 11) is 1.49. The van der Waals surface area contributed by atoms with Crippen molar-refractivity contribution in [2.24, 2.45) is 5.92 Å². The normalized spacial score (nSPS) is 12.2. The summed E-state index contributed by atoms with van der Waals surface area (Å²) in [4.78, 5) is 27.9. The zero-order valence-corrected chi connectivity index (χ0v) is 13.0. The second-order valence-corrected chi connectivity index (χ2v) is 5.58. The molecule has 0 saturated heterocycles. The van der Waals surface area contributed by atoms with Gasteiger partial charge in [0.1, 0.15) is 6.29 Å². The molecule has 1 heterocycles. The van der Waals surface area contributed by atoms with Gasteiger partial charge in [-0.1, -0.05) is 32.0 Å². The average molecular weight is 300 g/mol. The van der Waals surface area contributed by atoms with E-state index in [0.717, 1.165) is 11.7 Å². The minimum Gasteiger partial charge on any atom is -0.494 e. The fourth-order valence-corrected chi connectivity index (χ4v) is 2.31. The van der Waals surface area contributed by atoms with E-state index in [1.165, 1.54) is 7.11 Å². The molecule has 5 nitrogen and oxygen atoms in total. The van der Waals surface area contributed by atoms with Gasteiger partial charge in [-0.25, -0.2) is 4.98 Å². The number of para-hydroxylation sites is 1. The van der Waals surface area contributed by atoms with Gasteiger partial charge in [0, 0.05) is 5.39 Å². The smallest absolute Gasteiger partial charge is 0.274 e. The number of methoxy groups -OCH3 is 1. The number of amides is 1. The number of fused-ring (bicyclic) bond motifs is 1. The Morgan fingerprint density at radius 1 is 1.36 bits per heavy atom. The van der Waals surface area contributed by atoms with E-state index in [1.54, 1.807) is 6.07 Å². The summed E-state index contributed by atoms with van der Waals surface area (Å²) in [5, 5.41) is 3.60. The first-order valence-electron chi connectivity index (χ1n) is 7.25. The number of nitrogens with zero attached hydrogens (tertiary/aromatic N) is 1. The predicted molar refractivity (Wildman–Crippen MR) is 85.1 cm³/mol. The van der Waals surface area contributed by atoms with Gasteiger partial charge in [-0.3, -0.25) is 4.79 Å². The first kappa shape index (κ1) is 15.9. The van der Waals surface area contributed by atoms with E-state index in [4.69, 9.17) is 4.74 Å². The fourth-order valence-electron chi connectivity index (χ4n) is 2.31. The van der Waals surface area contributed by atoms with Gasteiger partial charge in [-0.15, -0.1) is 0 Å². The number of hydrogen-bond donors (Lipinski definition) is 1. The van der Waals surface area contributed by atoms with E-state index < -0.39 is 11.9 Å². The third-order valence-electron chi connectivity index (χ3n) is 3.33. The molecule has 0 spiro atoms. The largest absolute Gasteiger partial charge is 0.494 e. The molecule has 0 radical (unpaired) electrons. The van der Waals surface area contributed by atoms with Crippen molar-refractivity contribution in [3.63, 3.8) is 0 Å². The standard InChI is InChI=1S/C17H20N2O3/c1-11(2)8-13(10-20)18-17(21)16-15(22-3)9-12-6-4-5-7-14(12)19-16/h4-7,9-11,13H,8H2,1-3H3,(H,18,21)/t13-/m0/s1. The zero-order valence-electron chi connectivity index (χ0n) is 13.0. The van der Waals surface area contributed by atoms with Gasteiger partial charge in [-0.05, 0) is 24.5 Å². The highest BCUT2D eigenvalue weighted by atomic mass is 16.5. The van der Waals surface area contributed by atoms with Gasteiger partial charge in [0.25, 0.3) is 5.91 Å². The Kier molecular flexibility index (Phi) is 5.09. The zero-order chi connectivity index (χ0) is 16.1. The molecule has 2 rings (SSSR count). The number of nitrogens with one attached hydrogen (secondary N) is 1. The lowest BCUT2D eigenvalue weighted by molar-refractivity contribution is -0.109. The van der Waals surface area contributed by atoms with Crippen molar-refractivity contribution >= 4 is 23.1 Å². The Labute approximate surface area is 129 Å². The molecule has 0 aliphatic heterocycles. The third-order valence-corrected chi connectivity index (χ3v) is 3.33. The number of pyridine rings is 1. The van der Waals surface area contributed by atoms with E-state index >= 15 is 0 Å². The molecule has 0 aliphatic carbocycles. The van der Waals surface area contributed by atoms with Gasteiger partial charge in [0.05, 0.1) is 18.7 Å². The van der Waals surface area contributed by atoms with Crippen LogP contribution in [0.25, 0.3) is 10.9 Å². The Morgan fingerprint density at radius 2 is 2.09 bits per heavy atom. The summed E-state index contributed by atoms with van der Waals surface area (Å²) in [6.07, 6.45) is 1.34. The van der Waals surface area contributed by atoms with Crippen LogP contribution in [0, 0.1) is 5.92 Å². The van der Waals surface area contributed by atoms with E-state index in [-0.39, 0.29) is 5.69 Å². The van der Waals surface area contributed by atoms with Crippen molar-refractivity contribution in [3.8, 4) is 5.75 Å². The molecule has 1 aromatic heterocycles. The molecule has 0 bridgehead atoms. The summed E-state index contributed by atoms with van der Waals surface area (Å²) in [6.45, 7) is 4.00. The van der Waals surface area contributed by atoms with Crippen LogP contribution in [0.15, 0.2) is 30.3 Å². The number of ether oxygens (including phenoxy) is 1. The predicted octanol–water partition coefficient (Wildman–Crippen LogP) is 2.59. The van der Waals surface area contributed by atoms with Crippen LogP contribution in [0.2, 0.25) is 0 Å². The van der Waals surface area contributed by atoms with Crippen LogP contribution in [0.3, 0.4) is 0 Å². The molecule has 22 heavy (non-hydrogen) atoms. The molecular weight excluding hydrogens is 280 g/mol. The van der Waals surface area contributed by atoms with Crippen LogP contribution in [-0.2, 0) is 4.79 Å². The molecule has 2 aromatic rings. The average Bonchev–Trinajstić information content (AvgIpc) is 2.52. The lowest BCUT2D eigenvalue weighted by Crippen LogP contribution is -2.37. The van der Waals surface area contributed by atoms with E-state index in [1.807, 2.05) is 38.1 Å². The van der Waals surface area contributed by atoms with Crippen LogP contribution >= 0.6 is 0 Å². The lowest BCUT2D eigenvalue weighted by atomic mass is 10.0. The van der Waals surface area contributed by atoms with Crippen LogP contribution in [-0.4, -0.2) is 30.3 Å². The Morgan fingerprint density at radius 3 is 2.73 bits per heavy atom. The van der Waals surface area contributed by atoms with Crippen molar-refractivity contribution in [2.45, 2.75) is 26.3 Å². The maximum absolute atomic E-state index is 12.4. The van der Waals surface area contributed by atoms with E-state index in [2.05, 4.69) is 10.3 Å². The second kappa shape index (κ2) is 7.02. The van der Waals surface area contributed by atoms with Crippen molar-refractivity contribution in [1.29, 1.82) is 0 Å². The van der Waals surface area contributed by atoms with E-state index in [0.29, 0.717) is 23.6 Å². The maximum Gasteiger partial charge on any atom is 0.274 e. The summed E-state index contributed by atoms with van der Waals surface area (Å²) in [6, 6.07) is 8.74. The lowest BCUT2D eigenvalue weighted by Gasteiger charge is -2.16. The Hall–Kier alpha value is -2.43.